The molecule has 0 bridgehead atoms. The highest BCUT2D eigenvalue weighted by Crippen LogP contribution is 2.26. The second-order valence-electron chi connectivity index (χ2n) is 2.55. The minimum Gasteiger partial charge on any atom is -0.294 e. The van der Waals surface area contributed by atoms with E-state index in [9.17, 15) is 4.79 Å². The number of hydrazine groups is 2. The summed E-state index contributed by atoms with van der Waals surface area (Å²) in [4.78, 5) is 15.7. The Morgan fingerprint density at radius 2 is 2.20 bits per heavy atom. The van der Waals surface area contributed by atoms with Gasteiger partial charge in [-0.3, -0.25) is 15.1 Å². The van der Waals surface area contributed by atoms with Gasteiger partial charge in [0.05, 0.1) is 16.9 Å². The lowest BCUT2D eigenvalue weighted by Crippen LogP contribution is -2.32. The molecule has 0 aromatic heterocycles. The van der Waals surface area contributed by atoms with E-state index in [0.29, 0.717) is 16.9 Å². The number of carbonyl (C=O) groups excluding carboxylic acids is 1. The topological polar surface area (TPSA) is 102 Å². The van der Waals surface area contributed by atoms with Crippen molar-refractivity contribution in [2.45, 2.75) is 17.9 Å². The number of nitrogens with one attached hydrogen (secondary N) is 2. The highest BCUT2D eigenvalue weighted by molar-refractivity contribution is 8.17. The fourth-order valence-corrected chi connectivity index (χ4v) is 2.99. The second kappa shape index (κ2) is 10.5. The Bertz CT molecular complexity index is 173. The molecule has 0 saturated carbocycles. The smallest absolute Gasteiger partial charge is 0.243 e. The second-order valence-corrected chi connectivity index (χ2v) is 5.35. The van der Waals surface area contributed by atoms with Crippen LogP contribution in [0.5, 0.6) is 0 Å². The van der Waals surface area contributed by atoms with Crippen molar-refractivity contribution in [1.82, 2.24) is 11.0 Å². The fraction of sp³-hybridized carbons (Fsp3) is 0.857. The Labute approximate surface area is 98.1 Å². The van der Waals surface area contributed by atoms with Crippen LogP contribution in [-0.2, 0) is 9.63 Å². The highest BCUT2D eigenvalue weighted by Gasteiger charge is 2.09. The van der Waals surface area contributed by atoms with Crippen LogP contribution in [0.25, 0.3) is 0 Å². The summed E-state index contributed by atoms with van der Waals surface area (Å²) in [5, 5.41) is 0. The van der Waals surface area contributed by atoms with Crippen molar-refractivity contribution in [2.24, 2.45) is 11.7 Å². The van der Waals surface area contributed by atoms with Crippen LogP contribution in [0.4, 0.5) is 0 Å². The van der Waals surface area contributed by atoms with Crippen LogP contribution in [-0.4, -0.2) is 28.6 Å². The third-order valence-corrected chi connectivity index (χ3v) is 4.53. The van der Waals surface area contributed by atoms with E-state index in [-0.39, 0.29) is 5.91 Å². The maximum absolute atomic E-state index is 10.9. The molecular formula is C7H18N4O2S2. The third kappa shape index (κ3) is 8.97. The standard InChI is InChI=1S/C7H18N4O2S2/c1-2-7(14-4-3-13-11-9)15-5-6(12)10-8/h7,11H,2-5,8-9H2,1H3,(H,10,12). The molecular weight excluding hydrogens is 236 g/mol. The number of carbonyl (C=O) groups is 1. The van der Waals surface area contributed by atoms with Crippen LogP contribution < -0.4 is 22.7 Å². The zero-order valence-electron chi connectivity index (χ0n) is 8.69. The normalized spacial score (nSPS) is 12.5. The summed E-state index contributed by atoms with van der Waals surface area (Å²) in [5.41, 5.74) is 4.22. The first kappa shape index (κ1) is 15.0. The summed E-state index contributed by atoms with van der Waals surface area (Å²) in [7, 11) is 0. The molecule has 0 aromatic carbocycles. The monoisotopic (exact) mass is 254 g/mol. The van der Waals surface area contributed by atoms with E-state index >= 15 is 0 Å². The van der Waals surface area contributed by atoms with Gasteiger partial charge in [-0.1, -0.05) is 6.92 Å². The van der Waals surface area contributed by atoms with E-state index < -0.39 is 0 Å². The first-order valence-corrected chi connectivity index (χ1v) is 6.64. The van der Waals surface area contributed by atoms with Crippen LogP contribution in [0.15, 0.2) is 0 Å². The van der Waals surface area contributed by atoms with E-state index in [0.717, 1.165) is 12.2 Å². The molecule has 0 fully saturated rings. The van der Waals surface area contributed by atoms with Crippen LogP contribution in [0.2, 0.25) is 0 Å². The van der Waals surface area contributed by atoms with Crippen molar-refractivity contribution in [1.29, 1.82) is 0 Å². The van der Waals surface area contributed by atoms with Gasteiger partial charge in [0.25, 0.3) is 0 Å². The van der Waals surface area contributed by atoms with E-state index in [1.807, 2.05) is 0 Å². The van der Waals surface area contributed by atoms with E-state index in [2.05, 4.69) is 17.9 Å². The molecule has 6 nitrogen and oxygen atoms in total. The fourth-order valence-electron chi connectivity index (χ4n) is 0.774. The van der Waals surface area contributed by atoms with Gasteiger partial charge in [0.1, 0.15) is 0 Å². The molecule has 0 aliphatic carbocycles. The number of nitrogens with two attached hydrogens (primary N) is 2. The van der Waals surface area contributed by atoms with Gasteiger partial charge in [-0.05, 0) is 6.42 Å². The number of hydrogen-bond donors (Lipinski definition) is 4. The van der Waals surface area contributed by atoms with Crippen molar-refractivity contribution in [2.75, 3.05) is 18.1 Å². The molecule has 1 amide bonds. The predicted molar refractivity (Wildman–Crippen MR) is 64.6 cm³/mol. The van der Waals surface area contributed by atoms with Gasteiger partial charge in [0, 0.05) is 5.75 Å². The molecule has 1 unspecified atom stereocenters. The van der Waals surface area contributed by atoms with Crippen molar-refractivity contribution in [3.63, 3.8) is 0 Å². The molecule has 1 atom stereocenters. The molecule has 0 aliphatic rings. The summed E-state index contributed by atoms with van der Waals surface area (Å²) in [5.74, 6) is 11.0. The molecule has 0 saturated heterocycles. The number of amides is 1. The molecule has 0 heterocycles. The van der Waals surface area contributed by atoms with Gasteiger partial charge in [-0.25, -0.2) is 11.7 Å². The summed E-state index contributed by atoms with van der Waals surface area (Å²) in [6, 6.07) is 0. The van der Waals surface area contributed by atoms with Crippen molar-refractivity contribution >= 4 is 29.4 Å². The average Bonchev–Trinajstić information content (AvgIpc) is 2.27. The maximum atomic E-state index is 10.9. The minimum atomic E-state index is -0.154. The van der Waals surface area contributed by atoms with E-state index in [1.165, 1.54) is 0 Å². The lowest BCUT2D eigenvalue weighted by molar-refractivity contribution is -0.118. The Hall–Kier alpha value is 0.01000. The summed E-state index contributed by atoms with van der Waals surface area (Å²) < 4.78 is 0.378. The van der Waals surface area contributed by atoms with Gasteiger partial charge < -0.3 is 0 Å². The Morgan fingerprint density at radius 3 is 2.73 bits per heavy atom. The van der Waals surface area contributed by atoms with Gasteiger partial charge in [0.15, 0.2) is 0 Å². The molecule has 0 aliphatic heterocycles. The van der Waals surface area contributed by atoms with Crippen molar-refractivity contribution < 1.29 is 9.63 Å². The molecule has 0 aromatic rings. The van der Waals surface area contributed by atoms with Crippen molar-refractivity contribution in [3.8, 4) is 0 Å². The Morgan fingerprint density at radius 1 is 1.47 bits per heavy atom. The number of rotatable bonds is 9. The lowest BCUT2D eigenvalue weighted by Gasteiger charge is -2.13. The molecule has 0 spiro atoms. The largest absolute Gasteiger partial charge is 0.294 e. The van der Waals surface area contributed by atoms with E-state index in [4.69, 9.17) is 16.5 Å². The molecule has 0 rings (SSSR count). The molecule has 6 N–H and O–H groups in total. The van der Waals surface area contributed by atoms with Gasteiger partial charge in [-0.15, -0.1) is 29.1 Å². The summed E-state index contributed by atoms with van der Waals surface area (Å²) in [6.07, 6.45) is 0.989. The first-order valence-electron chi connectivity index (χ1n) is 4.54. The van der Waals surface area contributed by atoms with E-state index in [1.54, 1.807) is 23.5 Å². The average molecular weight is 254 g/mol. The third-order valence-electron chi connectivity index (χ3n) is 1.47. The summed E-state index contributed by atoms with van der Waals surface area (Å²) >= 11 is 3.31. The van der Waals surface area contributed by atoms with Crippen molar-refractivity contribution in [3.05, 3.63) is 0 Å². The maximum Gasteiger partial charge on any atom is 0.243 e. The van der Waals surface area contributed by atoms with Crippen LogP contribution in [0, 0.1) is 0 Å². The number of hydrogen-bond acceptors (Lipinski definition) is 7. The Balaban J connectivity index is 3.50. The van der Waals surface area contributed by atoms with Crippen LogP contribution in [0.3, 0.4) is 0 Å². The lowest BCUT2D eigenvalue weighted by atomic mass is 10.6. The molecule has 8 heteroatoms. The van der Waals surface area contributed by atoms with Crippen LogP contribution in [0.1, 0.15) is 13.3 Å². The zero-order chi connectivity index (χ0) is 11.5. The predicted octanol–water partition coefficient (Wildman–Crippen LogP) is -0.426. The SMILES string of the molecule is CCC(SCCONN)SCC(=O)NN. The quantitative estimate of drug-likeness (QED) is 0.146. The van der Waals surface area contributed by atoms with Crippen LogP contribution >= 0.6 is 23.5 Å². The number of thioether (sulfide) groups is 2. The summed E-state index contributed by atoms with van der Waals surface area (Å²) in [6.45, 7) is 2.62. The Kier molecular flexibility index (Phi) is 10.5. The van der Waals surface area contributed by atoms with Gasteiger partial charge in [-0.2, -0.15) is 0 Å². The highest BCUT2D eigenvalue weighted by atomic mass is 32.2. The zero-order valence-corrected chi connectivity index (χ0v) is 10.3. The molecule has 0 radical (unpaired) electrons. The first-order chi connectivity index (χ1) is 7.24. The van der Waals surface area contributed by atoms with Gasteiger partial charge >= 0.3 is 0 Å². The van der Waals surface area contributed by atoms with Gasteiger partial charge in [0.2, 0.25) is 5.91 Å². The molecule has 15 heavy (non-hydrogen) atoms. The molecule has 90 valence electrons. The minimum absolute atomic E-state index is 0.154.